The number of carbonyl (C=O) groups is 1. The predicted molar refractivity (Wildman–Crippen MR) is 120 cm³/mol. The number of hydrogen-bond donors (Lipinski definition) is 2. The minimum absolute atomic E-state index is 0.0446. The fourth-order valence-electron chi connectivity index (χ4n) is 3.39. The van der Waals surface area contributed by atoms with E-state index in [1.165, 1.54) is 24.3 Å². The van der Waals surface area contributed by atoms with Crippen LogP contribution in [-0.2, 0) is 21.0 Å². The van der Waals surface area contributed by atoms with Crippen molar-refractivity contribution >= 4 is 27.7 Å². The lowest BCUT2D eigenvalue weighted by atomic mass is 10.1. The first-order chi connectivity index (χ1) is 15.8. The highest BCUT2D eigenvalue weighted by Crippen LogP contribution is 2.31. The summed E-state index contributed by atoms with van der Waals surface area (Å²) in [5.74, 6) is -0.857. The molecule has 2 aromatic carbocycles. The molecule has 0 saturated heterocycles. The number of amides is 1. The summed E-state index contributed by atoms with van der Waals surface area (Å²) in [6.07, 6.45) is -3.24. The molecular formula is C23H19F3N4O3S. The summed E-state index contributed by atoms with van der Waals surface area (Å²) in [5.41, 5.74) is 1.23. The number of nitrogens with zero attached hydrogens (tertiary/aromatic N) is 2. The maximum Gasteiger partial charge on any atom is 0.416 e. The van der Waals surface area contributed by atoms with Crippen LogP contribution in [0, 0.1) is 25.2 Å². The van der Waals surface area contributed by atoms with Crippen LogP contribution in [0.1, 0.15) is 22.5 Å². The SMILES string of the molecule is Cc1cc(/C=C(/C#N)C(=O)Nc2cccc(C(F)(F)F)c2)c(C)n1-c1ccc(S(N)(=O)=O)cc1. The Hall–Kier alpha value is -3.88. The number of primary sulfonamides is 1. The van der Waals surface area contributed by atoms with Crippen molar-refractivity contribution in [2.45, 2.75) is 24.9 Å². The van der Waals surface area contributed by atoms with Gasteiger partial charge >= 0.3 is 6.18 Å². The van der Waals surface area contributed by atoms with Crippen molar-refractivity contribution in [3.8, 4) is 11.8 Å². The van der Waals surface area contributed by atoms with Gasteiger partial charge in [-0.15, -0.1) is 0 Å². The highest BCUT2D eigenvalue weighted by Gasteiger charge is 2.30. The fraction of sp³-hybridized carbons (Fsp3) is 0.130. The van der Waals surface area contributed by atoms with Gasteiger partial charge in [0.15, 0.2) is 0 Å². The van der Waals surface area contributed by atoms with Gasteiger partial charge in [-0.1, -0.05) is 6.07 Å². The second kappa shape index (κ2) is 9.17. The van der Waals surface area contributed by atoms with E-state index in [1.807, 2.05) is 0 Å². The quantitative estimate of drug-likeness (QED) is 0.411. The molecule has 0 spiro atoms. The summed E-state index contributed by atoms with van der Waals surface area (Å²) in [7, 11) is -3.84. The first-order valence-electron chi connectivity index (χ1n) is 9.74. The van der Waals surface area contributed by atoms with Crippen molar-refractivity contribution in [1.29, 1.82) is 5.26 Å². The van der Waals surface area contributed by atoms with Crippen molar-refractivity contribution in [3.05, 3.63) is 82.7 Å². The Morgan fingerprint density at radius 1 is 1.12 bits per heavy atom. The van der Waals surface area contributed by atoms with Crippen LogP contribution in [-0.4, -0.2) is 18.9 Å². The van der Waals surface area contributed by atoms with Gasteiger partial charge in [-0.05, 0) is 74.0 Å². The second-order valence-electron chi connectivity index (χ2n) is 7.40. The lowest BCUT2D eigenvalue weighted by molar-refractivity contribution is -0.137. The third-order valence-corrected chi connectivity index (χ3v) is 5.94. The van der Waals surface area contributed by atoms with E-state index in [-0.39, 0.29) is 16.2 Å². The Kier molecular flexibility index (Phi) is 6.67. The fourth-order valence-corrected chi connectivity index (χ4v) is 3.91. The molecule has 1 heterocycles. The standard InChI is InChI=1S/C23H19F3N4O3S/c1-14-10-16(15(2)30(14)20-6-8-21(9-7-20)34(28,32)33)11-17(13-27)22(31)29-19-5-3-4-18(12-19)23(24,25)26/h3-12H,1-2H3,(H,29,31)(H2,28,32,33)/b17-11-. The summed E-state index contributed by atoms with van der Waals surface area (Å²) in [6.45, 7) is 3.53. The number of halogens is 3. The normalized spacial score (nSPS) is 12.3. The molecule has 0 aliphatic heterocycles. The molecule has 0 bridgehead atoms. The number of nitriles is 1. The average molecular weight is 488 g/mol. The molecule has 176 valence electrons. The number of nitrogens with two attached hydrogens (primary N) is 1. The molecule has 11 heteroatoms. The molecular weight excluding hydrogens is 469 g/mol. The number of carbonyl (C=O) groups excluding carboxylic acids is 1. The van der Waals surface area contributed by atoms with Crippen LogP contribution in [0.15, 0.2) is 65.1 Å². The van der Waals surface area contributed by atoms with Crippen LogP contribution in [0.2, 0.25) is 0 Å². The molecule has 7 nitrogen and oxygen atoms in total. The van der Waals surface area contributed by atoms with Crippen LogP contribution in [0.5, 0.6) is 0 Å². The van der Waals surface area contributed by atoms with Crippen LogP contribution in [0.25, 0.3) is 11.8 Å². The van der Waals surface area contributed by atoms with Gasteiger partial charge in [0.25, 0.3) is 5.91 Å². The predicted octanol–water partition coefficient (Wildman–Crippen LogP) is 4.31. The minimum Gasteiger partial charge on any atom is -0.321 e. The van der Waals surface area contributed by atoms with Crippen LogP contribution in [0.3, 0.4) is 0 Å². The van der Waals surface area contributed by atoms with Crippen molar-refractivity contribution in [2.75, 3.05) is 5.32 Å². The van der Waals surface area contributed by atoms with Crippen LogP contribution in [0.4, 0.5) is 18.9 Å². The van der Waals surface area contributed by atoms with E-state index in [0.29, 0.717) is 16.9 Å². The van der Waals surface area contributed by atoms with Crippen molar-refractivity contribution in [3.63, 3.8) is 0 Å². The Morgan fingerprint density at radius 3 is 2.32 bits per heavy atom. The van der Waals surface area contributed by atoms with E-state index < -0.39 is 27.7 Å². The van der Waals surface area contributed by atoms with Gasteiger partial charge in [0.05, 0.1) is 10.5 Å². The van der Waals surface area contributed by atoms with Crippen molar-refractivity contribution in [2.24, 2.45) is 5.14 Å². The zero-order chi connectivity index (χ0) is 25.3. The molecule has 0 aliphatic rings. The monoisotopic (exact) mass is 488 g/mol. The zero-order valence-corrected chi connectivity index (χ0v) is 18.8. The van der Waals surface area contributed by atoms with E-state index in [2.05, 4.69) is 5.32 Å². The Bertz CT molecular complexity index is 1430. The number of anilines is 1. The largest absolute Gasteiger partial charge is 0.416 e. The molecule has 3 rings (SSSR count). The Balaban J connectivity index is 1.91. The number of nitrogens with one attached hydrogen (secondary N) is 1. The number of rotatable bonds is 5. The topological polar surface area (TPSA) is 118 Å². The molecule has 3 aromatic rings. The summed E-state index contributed by atoms with van der Waals surface area (Å²) < 4.78 is 63.5. The number of sulfonamides is 1. The molecule has 0 fully saturated rings. The van der Waals surface area contributed by atoms with Gasteiger partial charge in [-0.25, -0.2) is 13.6 Å². The maximum atomic E-state index is 12.9. The number of aryl methyl sites for hydroxylation is 1. The van der Waals surface area contributed by atoms with E-state index >= 15 is 0 Å². The third-order valence-electron chi connectivity index (χ3n) is 5.01. The highest BCUT2D eigenvalue weighted by molar-refractivity contribution is 7.89. The Morgan fingerprint density at radius 2 is 1.76 bits per heavy atom. The number of aromatic nitrogens is 1. The van der Waals surface area contributed by atoms with Gasteiger partial charge < -0.3 is 9.88 Å². The summed E-state index contributed by atoms with van der Waals surface area (Å²) in [6, 6.07) is 13.5. The van der Waals surface area contributed by atoms with Crippen molar-refractivity contribution < 1.29 is 26.4 Å². The summed E-state index contributed by atoms with van der Waals surface area (Å²) in [5, 5.41) is 16.9. The van der Waals surface area contributed by atoms with E-state index in [4.69, 9.17) is 5.14 Å². The number of alkyl halides is 3. The molecule has 0 saturated carbocycles. The first-order valence-corrected chi connectivity index (χ1v) is 11.3. The number of hydrogen-bond acceptors (Lipinski definition) is 4. The van der Waals surface area contributed by atoms with E-state index in [0.717, 1.165) is 23.9 Å². The smallest absolute Gasteiger partial charge is 0.321 e. The van der Waals surface area contributed by atoms with Gasteiger partial charge in [0, 0.05) is 22.8 Å². The Labute approximate surface area is 194 Å². The first kappa shape index (κ1) is 24.8. The maximum absolute atomic E-state index is 12.9. The summed E-state index contributed by atoms with van der Waals surface area (Å²) in [4.78, 5) is 12.5. The highest BCUT2D eigenvalue weighted by atomic mass is 32.2. The zero-order valence-electron chi connectivity index (χ0n) is 18.0. The summed E-state index contributed by atoms with van der Waals surface area (Å²) >= 11 is 0. The molecule has 0 aliphatic carbocycles. The van der Waals surface area contributed by atoms with Crippen LogP contribution >= 0.6 is 0 Å². The van der Waals surface area contributed by atoms with Gasteiger partial charge in [-0.2, -0.15) is 18.4 Å². The average Bonchev–Trinajstić information content (AvgIpc) is 3.03. The molecule has 34 heavy (non-hydrogen) atoms. The van der Waals surface area contributed by atoms with E-state index in [9.17, 15) is 31.6 Å². The molecule has 0 radical (unpaired) electrons. The molecule has 0 unspecified atom stereocenters. The second-order valence-corrected chi connectivity index (χ2v) is 8.96. The van der Waals surface area contributed by atoms with Gasteiger partial charge in [-0.3, -0.25) is 4.79 Å². The van der Waals surface area contributed by atoms with E-state index in [1.54, 1.807) is 42.7 Å². The van der Waals surface area contributed by atoms with Crippen molar-refractivity contribution in [1.82, 2.24) is 4.57 Å². The number of benzene rings is 2. The molecule has 3 N–H and O–H groups in total. The van der Waals surface area contributed by atoms with Gasteiger partial charge in [0.1, 0.15) is 11.6 Å². The molecule has 1 aromatic heterocycles. The third kappa shape index (κ3) is 5.36. The van der Waals surface area contributed by atoms with Gasteiger partial charge in [0.2, 0.25) is 10.0 Å². The lowest BCUT2D eigenvalue weighted by Gasteiger charge is -2.10. The molecule has 0 atom stereocenters. The lowest BCUT2D eigenvalue weighted by Crippen LogP contribution is -2.14. The minimum atomic E-state index is -4.57. The van der Waals surface area contributed by atoms with Crippen LogP contribution < -0.4 is 10.5 Å². The molecule has 1 amide bonds.